The lowest BCUT2D eigenvalue weighted by Crippen LogP contribution is -2.28. The van der Waals surface area contributed by atoms with Crippen LogP contribution in [0.2, 0.25) is 0 Å². The van der Waals surface area contributed by atoms with Crippen LogP contribution in [0.15, 0.2) is 54.0 Å². The van der Waals surface area contributed by atoms with Crippen molar-refractivity contribution in [1.82, 2.24) is 30.2 Å². The molecule has 0 bridgehead atoms. The Balaban J connectivity index is 1.09. The molecule has 1 saturated carbocycles. The normalized spacial score (nSPS) is 22.0. The van der Waals surface area contributed by atoms with Crippen LogP contribution in [-0.4, -0.2) is 42.6 Å². The van der Waals surface area contributed by atoms with E-state index in [0.717, 1.165) is 50.3 Å². The number of nitrogens with zero attached hydrogens (tertiary/aromatic N) is 6. The van der Waals surface area contributed by atoms with Crippen LogP contribution in [0.5, 0.6) is 0 Å². The van der Waals surface area contributed by atoms with Crippen molar-refractivity contribution >= 4 is 28.1 Å². The van der Waals surface area contributed by atoms with Gasteiger partial charge in [-0.15, -0.1) is 21.5 Å². The van der Waals surface area contributed by atoms with Crippen LogP contribution < -0.4 is 10.2 Å². The third-order valence-electron chi connectivity index (χ3n) is 6.90. The van der Waals surface area contributed by atoms with Gasteiger partial charge in [0.2, 0.25) is 0 Å². The largest absolute Gasteiger partial charge is 0.363 e. The highest BCUT2D eigenvalue weighted by atomic mass is 32.1. The van der Waals surface area contributed by atoms with Gasteiger partial charge in [0.05, 0.1) is 11.7 Å². The van der Waals surface area contributed by atoms with Gasteiger partial charge in [-0.05, 0) is 55.9 Å². The number of carbonyl (C=O) groups is 1. The van der Waals surface area contributed by atoms with Crippen molar-refractivity contribution in [2.24, 2.45) is 5.92 Å². The molecule has 4 aromatic rings. The Kier molecular flexibility index (Phi) is 5.58. The number of anilines is 2. The monoisotopic (exact) mass is 474 g/mol. The number of para-hydroxylation sites is 1. The van der Waals surface area contributed by atoms with E-state index in [2.05, 4.69) is 60.5 Å². The fourth-order valence-electron chi connectivity index (χ4n) is 5.16. The average Bonchev–Trinajstić information content (AvgIpc) is 3.63. The highest BCUT2D eigenvalue weighted by molar-refractivity contribution is 7.14. The Bertz CT molecular complexity index is 1250. The number of hydrogen-bond donors (Lipinski definition) is 2. The summed E-state index contributed by atoms with van der Waals surface area (Å²) in [5.41, 5.74) is 2.91. The molecule has 0 spiro atoms. The molecule has 9 nitrogen and oxygen atoms in total. The Hall–Kier alpha value is -3.53. The van der Waals surface area contributed by atoms with Crippen molar-refractivity contribution in [1.29, 1.82) is 0 Å². The SMILES string of the molecule is O=C(Nc1nc([C@H]2CCCN2c2ccccc2)cs1)c1cccn1CC1CC(c2nn[nH]n2)C1. The van der Waals surface area contributed by atoms with E-state index in [4.69, 9.17) is 4.98 Å². The number of thiazole rings is 1. The number of nitrogens with one attached hydrogen (secondary N) is 2. The molecule has 1 aliphatic carbocycles. The minimum absolute atomic E-state index is 0.119. The fraction of sp³-hybridized carbons (Fsp3) is 0.375. The van der Waals surface area contributed by atoms with Gasteiger partial charge in [-0.2, -0.15) is 5.21 Å². The topological polar surface area (TPSA) is 105 Å². The maximum Gasteiger partial charge on any atom is 0.274 e. The molecule has 0 radical (unpaired) electrons. The number of aromatic amines is 1. The molecule has 1 atom stereocenters. The number of carbonyl (C=O) groups excluding carboxylic acids is 1. The van der Waals surface area contributed by atoms with Gasteiger partial charge in [0, 0.05) is 36.3 Å². The summed E-state index contributed by atoms with van der Waals surface area (Å²) in [5.74, 6) is 1.53. The van der Waals surface area contributed by atoms with Gasteiger partial charge in [0.1, 0.15) is 5.69 Å². The van der Waals surface area contributed by atoms with Crippen LogP contribution in [0.1, 0.15) is 59.6 Å². The molecule has 3 aromatic heterocycles. The van der Waals surface area contributed by atoms with E-state index in [1.165, 1.54) is 17.0 Å². The molecule has 10 heteroatoms. The van der Waals surface area contributed by atoms with Crippen molar-refractivity contribution in [2.45, 2.75) is 44.2 Å². The van der Waals surface area contributed by atoms with E-state index in [-0.39, 0.29) is 11.9 Å². The predicted octanol–water partition coefficient (Wildman–Crippen LogP) is 4.25. The summed E-state index contributed by atoms with van der Waals surface area (Å²) in [4.78, 5) is 20.2. The Labute approximate surface area is 201 Å². The lowest BCUT2D eigenvalue weighted by molar-refractivity contribution is 0.101. The molecule has 1 saturated heterocycles. The van der Waals surface area contributed by atoms with Gasteiger partial charge >= 0.3 is 0 Å². The standard InChI is InChI=1S/C24H26N8OS/c33-23(21-9-4-10-31(21)14-16-12-17(13-16)22-27-29-30-28-22)26-24-25-19(15-34-24)20-8-5-11-32(20)18-6-2-1-3-7-18/h1-4,6-7,9-10,15-17,20H,5,8,11-14H2,(H,25,26,33)(H,27,28,29,30)/t16?,17?,20-/m1/s1. The molecule has 1 aromatic carbocycles. The zero-order valence-electron chi connectivity index (χ0n) is 18.7. The van der Waals surface area contributed by atoms with Gasteiger partial charge in [-0.1, -0.05) is 23.4 Å². The average molecular weight is 475 g/mol. The summed E-state index contributed by atoms with van der Waals surface area (Å²) in [6.45, 7) is 1.83. The highest BCUT2D eigenvalue weighted by Gasteiger charge is 2.34. The summed E-state index contributed by atoms with van der Waals surface area (Å²) >= 11 is 1.49. The molecule has 2 aliphatic rings. The molecule has 2 fully saturated rings. The molecular weight excluding hydrogens is 448 g/mol. The summed E-state index contributed by atoms with van der Waals surface area (Å²) in [5, 5.41) is 20.1. The molecule has 6 rings (SSSR count). The van der Waals surface area contributed by atoms with Crippen molar-refractivity contribution in [3.05, 3.63) is 71.3 Å². The Morgan fingerprint density at radius 3 is 2.88 bits per heavy atom. The van der Waals surface area contributed by atoms with Crippen LogP contribution >= 0.6 is 11.3 Å². The predicted molar refractivity (Wildman–Crippen MR) is 130 cm³/mol. The Morgan fingerprint density at radius 1 is 1.18 bits per heavy atom. The quantitative estimate of drug-likeness (QED) is 0.415. The van der Waals surface area contributed by atoms with Gasteiger partial charge in [0.25, 0.3) is 5.91 Å². The van der Waals surface area contributed by atoms with Crippen LogP contribution in [0.25, 0.3) is 0 Å². The number of rotatable bonds is 7. The zero-order chi connectivity index (χ0) is 22.9. The maximum absolute atomic E-state index is 13.0. The van der Waals surface area contributed by atoms with Gasteiger partial charge in [-0.25, -0.2) is 4.98 Å². The minimum atomic E-state index is -0.119. The van der Waals surface area contributed by atoms with Crippen LogP contribution in [-0.2, 0) is 6.54 Å². The van der Waals surface area contributed by atoms with Crippen molar-refractivity contribution in [3.8, 4) is 0 Å². The third kappa shape index (κ3) is 4.09. The first-order valence-electron chi connectivity index (χ1n) is 11.7. The van der Waals surface area contributed by atoms with Gasteiger partial charge in [0.15, 0.2) is 11.0 Å². The number of hydrogen-bond acceptors (Lipinski definition) is 7. The molecule has 1 amide bonds. The minimum Gasteiger partial charge on any atom is -0.363 e. The first-order valence-corrected chi connectivity index (χ1v) is 12.6. The number of tetrazole rings is 1. The number of H-pyrrole nitrogens is 1. The second-order valence-corrected chi connectivity index (χ2v) is 9.93. The second-order valence-electron chi connectivity index (χ2n) is 9.07. The smallest absolute Gasteiger partial charge is 0.274 e. The number of benzene rings is 1. The lowest BCUT2D eigenvalue weighted by atomic mass is 9.74. The number of aromatic nitrogens is 6. The van der Waals surface area contributed by atoms with Crippen molar-refractivity contribution in [3.63, 3.8) is 0 Å². The van der Waals surface area contributed by atoms with Crippen LogP contribution in [0, 0.1) is 5.92 Å². The molecular formula is C24H26N8OS. The van der Waals surface area contributed by atoms with E-state index < -0.39 is 0 Å². The summed E-state index contributed by atoms with van der Waals surface area (Å²) in [6.07, 6.45) is 6.20. The summed E-state index contributed by atoms with van der Waals surface area (Å²) in [7, 11) is 0. The first kappa shape index (κ1) is 21.0. The van der Waals surface area contributed by atoms with E-state index in [9.17, 15) is 4.79 Å². The summed E-state index contributed by atoms with van der Waals surface area (Å²) < 4.78 is 2.04. The summed E-state index contributed by atoms with van der Waals surface area (Å²) in [6, 6.07) is 14.5. The number of amides is 1. The third-order valence-corrected chi connectivity index (χ3v) is 7.68. The Morgan fingerprint density at radius 2 is 2.06 bits per heavy atom. The van der Waals surface area contributed by atoms with Gasteiger partial charge < -0.3 is 9.47 Å². The van der Waals surface area contributed by atoms with Crippen molar-refractivity contribution < 1.29 is 4.79 Å². The second kappa shape index (κ2) is 9.02. The molecule has 0 unspecified atom stereocenters. The molecule has 34 heavy (non-hydrogen) atoms. The van der Waals surface area contributed by atoms with Crippen LogP contribution in [0.3, 0.4) is 0 Å². The molecule has 174 valence electrons. The van der Waals surface area contributed by atoms with E-state index >= 15 is 0 Å². The highest BCUT2D eigenvalue weighted by Crippen LogP contribution is 2.41. The van der Waals surface area contributed by atoms with E-state index in [1.54, 1.807) is 0 Å². The van der Waals surface area contributed by atoms with E-state index in [1.807, 2.05) is 29.0 Å². The molecule has 4 heterocycles. The first-order chi connectivity index (χ1) is 16.7. The lowest BCUT2D eigenvalue weighted by Gasteiger charge is -2.33. The molecule has 1 aliphatic heterocycles. The molecule has 2 N–H and O–H groups in total. The van der Waals surface area contributed by atoms with E-state index in [0.29, 0.717) is 22.7 Å². The zero-order valence-corrected chi connectivity index (χ0v) is 19.5. The van der Waals surface area contributed by atoms with Crippen molar-refractivity contribution in [2.75, 3.05) is 16.8 Å². The fourth-order valence-corrected chi connectivity index (χ4v) is 5.91. The maximum atomic E-state index is 13.0. The van der Waals surface area contributed by atoms with Gasteiger partial charge in [-0.3, -0.25) is 10.1 Å². The van der Waals surface area contributed by atoms with Crippen LogP contribution in [0.4, 0.5) is 10.8 Å².